The van der Waals surface area contributed by atoms with Gasteiger partial charge in [0.1, 0.15) is 0 Å². The lowest BCUT2D eigenvalue weighted by atomic mass is 10.1. The number of aryl methyl sites for hydroxylation is 1. The molecule has 0 unspecified atom stereocenters. The van der Waals surface area contributed by atoms with Crippen molar-refractivity contribution in [1.29, 1.82) is 0 Å². The molecule has 0 atom stereocenters. The Balaban J connectivity index is 2.33. The summed E-state index contributed by atoms with van der Waals surface area (Å²) in [7, 11) is 0. The molecule has 0 saturated heterocycles. The average molecular weight is 144 g/mol. The molecule has 0 heteroatoms. The van der Waals surface area contributed by atoms with Crippen molar-refractivity contribution in [2.75, 3.05) is 0 Å². The third-order valence-corrected chi connectivity index (χ3v) is 1.66. The largest absolute Gasteiger partial charge is 0.0760 e. The summed E-state index contributed by atoms with van der Waals surface area (Å²) in [6.45, 7) is 6.84. The zero-order valence-electron chi connectivity index (χ0n) is 6.59. The second-order valence-electron chi connectivity index (χ2n) is 2.58. The third kappa shape index (κ3) is 3.03. The molecule has 0 aliphatic heterocycles. The first-order valence-electron chi connectivity index (χ1n) is 3.96. The van der Waals surface area contributed by atoms with Crippen molar-refractivity contribution in [2.24, 2.45) is 0 Å². The van der Waals surface area contributed by atoms with Gasteiger partial charge in [0.25, 0.3) is 0 Å². The van der Waals surface area contributed by atoms with Gasteiger partial charge >= 0.3 is 0 Å². The molecule has 1 aromatic rings. The van der Waals surface area contributed by atoms with Crippen LogP contribution in [0.15, 0.2) is 36.4 Å². The number of unbranched alkanes of at least 4 members (excludes halogenated alkanes) is 1. The average Bonchev–Trinajstić information content (AvgIpc) is 2.07. The highest BCUT2D eigenvalue weighted by Crippen LogP contribution is 2.03. The normalized spacial score (nSPS) is 9.45. The second kappa shape index (κ2) is 4.73. The van der Waals surface area contributed by atoms with Gasteiger partial charge in [-0.15, -0.1) is 0 Å². The first-order chi connectivity index (χ1) is 5.43. The number of hydrogen-bond acceptors (Lipinski definition) is 0. The van der Waals surface area contributed by atoms with Gasteiger partial charge in [0.15, 0.2) is 0 Å². The highest BCUT2D eigenvalue weighted by atomic mass is 13.9. The van der Waals surface area contributed by atoms with E-state index in [0.717, 1.165) is 19.3 Å². The molecule has 0 heterocycles. The van der Waals surface area contributed by atoms with E-state index in [2.05, 4.69) is 24.3 Å². The van der Waals surface area contributed by atoms with Gasteiger partial charge in [0.05, 0.1) is 0 Å². The van der Waals surface area contributed by atoms with Crippen LogP contribution >= 0.6 is 0 Å². The fraction of sp³-hybridized carbons (Fsp3) is 0.273. The van der Waals surface area contributed by atoms with Crippen LogP contribution in [0.3, 0.4) is 0 Å². The fourth-order valence-electron chi connectivity index (χ4n) is 1.05. The highest BCUT2D eigenvalue weighted by molar-refractivity contribution is 5.14. The van der Waals surface area contributed by atoms with E-state index in [0.29, 0.717) is 0 Å². The van der Waals surface area contributed by atoms with Crippen LogP contribution in [0.1, 0.15) is 18.4 Å². The van der Waals surface area contributed by atoms with E-state index in [1.54, 1.807) is 0 Å². The van der Waals surface area contributed by atoms with E-state index in [-0.39, 0.29) is 0 Å². The molecular weight excluding hydrogens is 132 g/mol. The van der Waals surface area contributed by atoms with Crippen molar-refractivity contribution in [2.45, 2.75) is 19.3 Å². The Hall–Kier alpha value is -1.04. The molecule has 1 aromatic carbocycles. The Morgan fingerprint density at radius 3 is 2.55 bits per heavy atom. The molecule has 0 nitrogen and oxygen atoms in total. The highest BCUT2D eigenvalue weighted by Gasteiger charge is 1.88. The Bertz CT molecular complexity index is 199. The van der Waals surface area contributed by atoms with Crippen molar-refractivity contribution in [3.63, 3.8) is 0 Å². The molecule has 2 radical (unpaired) electrons. The molecule has 0 fully saturated rings. The molecule has 0 amide bonds. The maximum atomic E-state index is 6.84. The predicted octanol–water partition coefficient (Wildman–Crippen LogP) is 2.88. The minimum Gasteiger partial charge on any atom is -0.0760 e. The summed E-state index contributed by atoms with van der Waals surface area (Å²) in [6.07, 6.45) is 4.56. The SMILES string of the molecule is [C]=CCCCc1ccccc1. The smallest absolute Gasteiger partial charge is 0.0146 e. The fourth-order valence-corrected chi connectivity index (χ4v) is 1.05. The van der Waals surface area contributed by atoms with Crippen LogP contribution < -0.4 is 0 Å². The van der Waals surface area contributed by atoms with Gasteiger partial charge in [-0.05, 0) is 31.4 Å². The van der Waals surface area contributed by atoms with E-state index in [1.165, 1.54) is 11.6 Å². The minimum atomic E-state index is 0.898. The quantitative estimate of drug-likeness (QED) is 0.570. The summed E-state index contributed by atoms with van der Waals surface area (Å²) in [4.78, 5) is 0. The van der Waals surface area contributed by atoms with Gasteiger partial charge in [-0.3, -0.25) is 0 Å². The number of rotatable bonds is 4. The molecule has 56 valence electrons. The van der Waals surface area contributed by atoms with Gasteiger partial charge in [-0.2, -0.15) is 0 Å². The van der Waals surface area contributed by atoms with E-state index >= 15 is 0 Å². The van der Waals surface area contributed by atoms with Crippen LogP contribution in [0.25, 0.3) is 0 Å². The van der Waals surface area contributed by atoms with Crippen LogP contribution in [0, 0.1) is 6.58 Å². The zero-order chi connectivity index (χ0) is 7.94. The van der Waals surface area contributed by atoms with Gasteiger partial charge in [-0.1, -0.05) is 36.4 Å². The summed E-state index contributed by atoms with van der Waals surface area (Å²) >= 11 is 0. The van der Waals surface area contributed by atoms with Crippen LogP contribution in [-0.4, -0.2) is 0 Å². The molecule has 0 aliphatic carbocycles. The molecule has 1 rings (SSSR count). The first-order valence-corrected chi connectivity index (χ1v) is 3.96. The van der Waals surface area contributed by atoms with Crippen LogP contribution in [-0.2, 0) is 6.42 Å². The summed E-state index contributed by atoms with van der Waals surface area (Å²) in [5.74, 6) is 0. The molecule has 11 heavy (non-hydrogen) atoms. The Kier molecular flexibility index (Phi) is 3.46. The standard InChI is InChI=1S/C11H12/c1-2-3-5-8-11-9-6-4-7-10-11/h2,4,6-7,9-10H,3,5,8H2. The Labute approximate surface area is 68.6 Å². The van der Waals surface area contributed by atoms with Crippen molar-refractivity contribution >= 4 is 0 Å². The van der Waals surface area contributed by atoms with Crippen molar-refractivity contribution in [3.8, 4) is 0 Å². The van der Waals surface area contributed by atoms with E-state index in [4.69, 9.17) is 6.58 Å². The van der Waals surface area contributed by atoms with Crippen LogP contribution in [0.2, 0.25) is 0 Å². The van der Waals surface area contributed by atoms with E-state index < -0.39 is 0 Å². The Morgan fingerprint density at radius 2 is 1.91 bits per heavy atom. The van der Waals surface area contributed by atoms with Crippen molar-refractivity contribution in [1.82, 2.24) is 0 Å². The topological polar surface area (TPSA) is 0 Å². The molecule has 0 saturated carbocycles. The lowest BCUT2D eigenvalue weighted by molar-refractivity contribution is 0.843. The monoisotopic (exact) mass is 144 g/mol. The van der Waals surface area contributed by atoms with Crippen LogP contribution in [0.4, 0.5) is 0 Å². The maximum Gasteiger partial charge on any atom is -0.0146 e. The number of benzene rings is 1. The maximum absolute atomic E-state index is 6.84. The Morgan fingerprint density at radius 1 is 1.18 bits per heavy atom. The summed E-state index contributed by atoms with van der Waals surface area (Å²) in [5.41, 5.74) is 1.37. The number of hydrogen-bond donors (Lipinski definition) is 0. The molecule has 0 N–H and O–H groups in total. The second-order valence-corrected chi connectivity index (χ2v) is 2.58. The van der Waals surface area contributed by atoms with E-state index in [9.17, 15) is 0 Å². The molecular formula is C11H12. The third-order valence-electron chi connectivity index (χ3n) is 1.66. The molecule has 0 aromatic heterocycles. The lowest BCUT2D eigenvalue weighted by Gasteiger charge is -1.96. The van der Waals surface area contributed by atoms with Gasteiger partial charge in [0, 0.05) is 0 Å². The van der Waals surface area contributed by atoms with Crippen molar-refractivity contribution < 1.29 is 0 Å². The molecule has 0 aliphatic rings. The predicted molar refractivity (Wildman–Crippen MR) is 47.2 cm³/mol. The van der Waals surface area contributed by atoms with E-state index in [1.807, 2.05) is 6.07 Å². The van der Waals surface area contributed by atoms with Gasteiger partial charge in [-0.25, -0.2) is 0 Å². The molecule has 0 spiro atoms. The first kappa shape index (κ1) is 8.06. The molecule has 0 bridgehead atoms. The van der Waals surface area contributed by atoms with Crippen LogP contribution in [0.5, 0.6) is 0 Å². The summed E-state index contributed by atoms with van der Waals surface area (Å²) in [6, 6.07) is 10.4. The zero-order valence-corrected chi connectivity index (χ0v) is 6.59. The summed E-state index contributed by atoms with van der Waals surface area (Å²) in [5, 5.41) is 0. The van der Waals surface area contributed by atoms with Gasteiger partial charge in [0.2, 0.25) is 0 Å². The van der Waals surface area contributed by atoms with Crippen molar-refractivity contribution in [3.05, 3.63) is 48.6 Å². The summed E-state index contributed by atoms with van der Waals surface area (Å²) < 4.78 is 0. The minimum absolute atomic E-state index is 0.898. The lowest BCUT2D eigenvalue weighted by Crippen LogP contribution is -1.82. The van der Waals surface area contributed by atoms with Gasteiger partial charge < -0.3 is 0 Å². The number of allylic oxidation sites excluding steroid dienone is 1.